The Hall–Kier alpha value is -2.87. The van der Waals surface area contributed by atoms with Crippen LogP contribution in [-0.4, -0.2) is 25.2 Å². The molecule has 0 aliphatic rings. The number of aromatic nitrogens is 1. The topological polar surface area (TPSA) is 102 Å². The SMILES string of the molecule is O=C(CCS(=O)(=O)c1ccccc1)NCc1cc(-c2ccco2)on1. The molecule has 0 atom stereocenters. The van der Waals surface area contributed by atoms with Gasteiger partial charge in [0.2, 0.25) is 11.7 Å². The molecule has 0 saturated carbocycles. The van der Waals surface area contributed by atoms with E-state index in [2.05, 4.69) is 10.5 Å². The van der Waals surface area contributed by atoms with Crippen LogP contribution in [0, 0.1) is 0 Å². The summed E-state index contributed by atoms with van der Waals surface area (Å²) in [6.07, 6.45) is 1.40. The van der Waals surface area contributed by atoms with Gasteiger partial charge in [-0.05, 0) is 24.3 Å². The van der Waals surface area contributed by atoms with Gasteiger partial charge in [0.1, 0.15) is 5.69 Å². The summed E-state index contributed by atoms with van der Waals surface area (Å²) in [6, 6.07) is 13.2. The molecule has 0 aliphatic carbocycles. The quantitative estimate of drug-likeness (QED) is 0.694. The molecule has 25 heavy (non-hydrogen) atoms. The minimum absolute atomic E-state index is 0.125. The average Bonchev–Trinajstić information content (AvgIpc) is 3.30. The highest BCUT2D eigenvalue weighted by atomic mass is 32.2. The van der Waals surface area contributed by atoms with Crippen LogP contribution in [-0.2, 0) is 21.2 Å². The van der Waals surface area contributed by atoms with E-state index in [0.717, 1.165) is 0 Å². The van der Waals surface area contributed by atoms with E-state index in [1.54, 1.807) is 36.4 Å². The molecule has 0 fully saturated rings. The Bertz CT molecular complexity index is 931. The second-order valence-electron chi connectivity index (χ2n) is 5.32. The molecule has 0 radical (unpaired) electrons. The normalized spacial score (nSPS) is 11.4. The lowest BCUT2D eigenvalue weighted by atomic mass is 10.3. The number of carbonyl (C=O) groups excluding carboxylic acids is 1. The summed E-state index contributed by atoms with van der Waals surface area (Å²) in [6.45, 7) is 0.147. The Morgan fingerprint density at radius 3 is 2.60 bits per heavy atom. The van der Waals surface area contributed by atoms with Crippen molar-refractivity contribution in [3.63, 3.8) is 0 Å². The number of furan rings is 1. The second-order valence-corrected chi connectivity index (χ2v) is 7.43. The molecular formula is C17H16N2O5S. The average molecular weight is 360 g/mol. The van der Waals surface area contributed by atoms with Gasteiger partial charge >= 0.3 is 0 Å². The fourth-order valence-electron chi connectivity index (χ4n) is 2.18. The third-order valence-electron chi connectivity index (χ3n) is 3.49. The van der Waals surface area contributed by atoms with E-state index in [1.807, 2.05) is 0 Å². The minimum atomic E-state index is -3.47. The van der Waals surface area contributed by atoms with Gasteiger partial charge in [0.05, 0.1) is 23.5 Å². The highest BCUT2D eigenvalue weighted by Crippen LogP contribution is 2.20. The smallest absolute Gasteiger partial charge is 0.221 e. The fraction of sp³-hybridized carbons (Fsp3) is 0.176. The van der Waals surface area contributed by atoms with Crippen molar-refractivity contribution in [3.8, 4) is 11.5 Å². The first kappa shape index (κ1) is 17.0. The van der Waals surface area contributed by atoms with Crippen molar-refractivity contribution in [3.05, 3.63) is 60.5 Å². The van der Waals surface area contributed by atoms with E-state index in [1.165, 1.54) is 18.4 Å². The van der Waals surface area contributed by atoms with Crippen molar-refractivity contribution in [2.24, 2.45) is 0 Å². The van der Waals surface area contributed by atoms with Crippen LogP contribution >= 0.6 is 0 Å². The van der Waals surface area contributed by atoms with Crippen LogP contribution in [0.15, 0.2) is 68.6 Å². The summed E-state index contributed by atoms with van der Waals surface area (Å²) in [5.41, 5.74) is 0.519. The molecule has 0 bridgehead atoms. The van der Waals surface area contributed by atoms with Gasteiger partial charge in [0.15, 0.2) is 15.6 Å². The van der Waals surface area contributed by atoms with Gasteiger partial charge in [0, 0.05) is 12.5 Å². The van der Waals surface area contributed by atoms with Crippen LogP contribution in [0.4, 0.5) is 0 Å². The number of carbonyl (C=O) groups is 1. The fourth-order valence-corrected chi connectivity index (χ4v) is 3.44. The van der Waals surface area contributed by atoms with Crippen molar-refractivity contribution in [2.45, 2.75) is 17.9 Å². The zero-order valence-electron chi connectivity index (χ0n) is 13.2. The molecule has 3 rings (SSSR count). The van der Waals surface area contributed by atoms with E-state index in [-0.39, 0.29) is 29.5 Å². The zero-order valence-corrected chi connectivity index (χ0v) is 14.0. The Morgan fingerprint density at radius 2 is 1.88 bits per heavy atom. The molecule has 1 amide bonds. The molecule has 0 aliphatic heterocycles. The monoisotopic (exact) mass is 360 g/mol. The number of nitrogens with zero attached hydrogens (tertiary/aromatic N) is 1. The minimum Gasteiger partial charge on any atom is -0.461 e. The summed E-state index contributed by atoms with van der Waals surface area (Å²) < 4.78 is 34.6. The van der Waals surface area contributed by atoms with E-state index in [0.29, 0.717) is 17.2 Å². The van der Waals surface area contributed by atoms with E-state index < -0.39 is 9.84 Å². The maximum atomic E-state index is 12.1. The zero-order chi connectivity index (χ0) is 17.7. The molecule has 2 heterocycles. The number of sulfone groups is 1. The van der Waals surface area contributed by atoms with Crippen LogP contribution in [0.2, 0.25) is 0 Å². The number of hydrogen-bond donors (Lipinski definition) is 1. The first-order chi connectivity index (χ1) is 12.0. The van der Waals surface area contributed by atoms with Crippen LogP contribution in [0.1, 0.15) is 12.1 Å². The number of rotatable bonds is 7. The third kappa shape index (κ3) is 4.36. The highest BCUT2D eigenvalue weighted by Gasteiger charge is 2.16. The lowest BCUT2D eigenvalue weighted by molar-refractivity contribution is -0.120. The molecule has 1 aromatic carbocycles. The van der Waals surface area contributed by atoms with Gasteiger partial charge in [-0.15, -0.1) is 0 Å². The number of amides is 1. The van der Waals surface area contributed by atoms with E-state index >= 15 is 0 Å². The molecule has 1 N–H and O–H groups in total. The van der Waals surface area contributed by atoms with Crippen molar-refractivity contribution < 1.29 is 22.2 Å². The summed E-state index contributed by atoms with van der Waals surface area (Å²) in [7, 11) is -3.47. The first-order valence-corrected chi connectivity index (χ1v) is 9.24. The van der Waals surface area contributed by atoms with Gasteiger partial charge in [0.25, 0.3) is 0 Å². The predicted octanol–water partition coefficient (Wildman–Crippen LogP) is 2.41. The summed E-state index contributed by atoms with van der Waals surface area (Å²) in [5, 5.41) is 6.46. The van der Waals surface area contributed by atoms with Gasteiger partial charge in [-0.25, -0.2) is 8.42 Å². The standard InChI is InChI=1S/C17H16N2O5S/c20-17(8-10-25(21,22)14-5-2-1-3-6-14)18-12-13-11-16(24-19-13)15-7-4-9-23-15/h1-7,9,11H,8,10,12H2,(H,18,20). The largest absolute Gasteiger partial charge is 0.461 e. The van der Waals surface area contributed by atoms with Gasteiger partial charge < -0.3 is 14.3 Å². The first-order valence-electron chi connectivity index (χ1n) is 7.58. The Morgan fingerprint density at radius 1 is 1.08 bits per heavy atom. The summed E-state index contributed by atoms with van der Waals surface area (Å²) >= 11 is 0. The van der Waals surface area contributed by atoms with Crippen molar-refractivity contribution in [1.82, 2.24) is 10.5 Å². The van der Waals surface area contributed by atoms with Crippen LogP contribution < -0.4 is 5.32 Å². The van der Waals surface area contributed by atoms with Crippen molar-refractivity contribution in [1.29, 1.82) is 0 Å². The molecule has 130 valence electrons. The predicted molar refractivity (Wildman–Crippen MR) is 89.2 cm³/mol. The molecule has 8 heteroatoms. The molecule has 0 saturated heterocycles. The van der Waals surface area contributed by atoms with Crippen LogP contribution in [0.3, 0.4) is 0 Å². The molecule has 2 aromatic heterocycles. The summed E-state index contributed by atoms with van der Waals surface area (Å²) in [5.74, 6) is 0.376. The molecule has 7 nitrogen and oxygen atoms in total. The van der Waals surface area contributed by atoms with E-state index in [9.17, 15) is 13.2 Å². The third-order valence-corrected chi connectivity index (χ3v) is 5.22. The molecule has 3 aromatic rings. The molecular weight excluding hydrogens is 344 g/mol. The highest BCUT2D eigenvalue weighted by molar-refractivity contribution is 7.91. The number of nitrogens with one attached hydrogen (secondary N) is 1. The van der Waals surface area contributed by atoms with Gasteiger partial charge in [-0.3, -0.25) is 4.79 Å². The van der Waals surface area contributed by atoms with Crippen molar-refractivity contribution in [2.75, 3.05) is 5.75 Å². The number of hydrogen-bond acceptors (Lipinski definition) is 6. The Kier molecular flexibility index (Phi) is 4.99. The molecule has 0 unspecified atom stereocenters. The maximum Gasteiger partial charge on any atom is 0.221 e. The molecule has 0 spiro atoms. The lowest BCUT2D eigenvalue weighted by Crippen LogP contribution is -2.25. The van der Waals surface area contributed by atoms with Crippen molar-refractivity contribution >= 4 is 15.7 Å². The van der Waals surface area contributed by atoms with Gasteiger partial charge in [-0.2, -0.15) is 0 Å². The Labute approximate surface area is 144 Å². The Balaban J connectivity index is 1.50. The number of benzene rings is 1. The lowest BCUT2D eigenvalue weighted by Gasteiger charge is -2.05. The summed E-state index contributed by atoms with van der Waals surface area (Å²) in [4.78, 5) is 12.1. The van der Waals surface area contributed by atoms with E-state index in [4.69, 9.17) is 8.94 Å². The maximum absolute atomic E-state index is 12.1. The van der Waals surface area contributed by atoms with Gasteiger partial charge in [-0.1, -0.05) is 23.4 Å². The van der Waals surface area contributed by atoms with Crippen LogP contribution in [0.25, 0.3) is 11.5 Å². The van der Waals surface area contributed by atoms with Crippen LogP contribution in [0.5, 0.6) is 0 Å². The second kappa shape index (κ2) is 7.35.